The van der Waals surface area contributed by atoms with Crippen molar-refractivity contribution in [3.05, 3.63) is 49.6 Å². The molecule has 0 bridgehead atoms. The number of aromatic nitrogens is 2. The minimum Gasteiger partial charge on any atom is -0.479 e. The first kappa shape index (κ1) is 15.6. The molecule has 0 N–H and O–H groups in total. The van der Waals surface area contributed by atoms with Gasteiger partial charge < -0.3 is 4.74 Å². The summed E-state index contributed by atoms with van der Waals surface area (Å²) in [7, 11) is 0. The maximum Gasteiger partial charge on any atom is 0.291 e. The summed E-state index contributed by atoms with van der Waals surface area (Å²) in [5.74, 6) is 1.59. The fourth-order valence-corrected chi connectivity index (χ4v) is 1.95. The van der Waals surface area contributed by atoms with E-state index in [1.165, 1.54) is 6.07 Å². The number of terminal acetylenes is 1. The molecule has 4 nitrogen and oxygen atoms in total. The molecule has 2 aromatic rings. The van der Waals surface area contributed by atoms with Crippen molar-refractivity contribution in [3.8, 4) is 23.8 Å². The Morgan fingerprint density at radius 1 is 1.33 bits per heavy atom. The highest BCUT2D eigenvalue weighted by Crippen LogP contribution is 2.29. The molecule has 1 aromatic heterocycles. The maximum absolute atomic E-state index is 14.0. The van der Waals surface area contributed by atoms with Gasteiger partial charge in [-0.15, -0.1) is 6.42 Å². The third kappa shape index (κ3) is 3.13. The first-order valence-corrected chi connectivity index (χ1v) is 6.58. The van der Waals surface area contributed by atoms with Crippen LogP contribution in [0.5, 0.6) is 5.75 Å². The highest BCUT2D eigenvalue weighted by atomic mass is 35.5. The first-order chi connectivity index (χ1) is 9.95. The summed E-state index contributed by atoms with van der Waals surface area (Å²) in [5, 5.41) is 3.44. The average molecular weight is 348 g/mol. The van der Waals surface area contributed by atoms with Crippen LogP contribution in [0.3, 0.4) is 0 Å². The van der Waals surface area contributed by atoms with Gasteiger partial charge in [0.1, 0.15) is 23.1 Å². The Balaban J connectivity index is 2.62. The van der Waals surface area contributed by atoms with Crippen molar-refractivity contribution in [1.29, 1.82) is 0 Å². The van der Waals surface area contributed by atoms with Gasteiger partial charge in [-0.25, -0.2) is 4.39 Å². The van der Waals surface area contributed by atoms with Crippen molar-refractivity contribution in [2.24, 2.45) is 0 Å². The van der Waals surface area contributed by atoms with Crippen molar-refractivity contribution < 1.29 is 9.13 Å². The summed E-state index contributed by atoms with van der Waals surface area (Å²) in [5.41, 5.74) is -0.955. The normalized spacial score (nSPS) is 10.2. The quantitative estimate of drug-likeness (QED) is 0.800. The molecule has 0 aliphatic carbocycles. The van der Waals surface area contributed by atoms with E-state index in [2.05, 4.69) is 11.0 Å². The Kier molecular flexibility index (Phi) is 4.73. The zero-order valence-electron chi connectivity index (χ0n) is 10.2. The molecule has 1 heterocycles. The van der Waals surface area contributed by atoms with Crippen LogP contribution in [-0.2, 0) is 0 Å². The third-order valence-corrected chi connectivity index (χ3v) is 3.46. The number of nitrogens with zero attached hydrogens (tertiary/aromatic N) is 2. The van der Waals surface area contributed by atoms with Gasteiger partial charge in [0.25, 0.3) is 5.56 Å². The van der Waals surface area contributed by atoms with Crippen molar-refractivity contribution in [3.63, 3.8) is 0 Å². The minimum absolute atomic E-state index is 0.0135. The molecular formula is C13H6Cl3FN2O2. The van der Waals surface area contributed by atoms with Gasteiger partial charge in [0.15, 0.2) is 5.82 Å². The fourth-order valence-electron chi connectivity index (χ4n) is 1.49. The van der Waals surface area contributed by atoms with E-state index in [1.807, 2.05) is 0 Å². The van der Waals surface area contributed by atoms with Gasteiger partial charge in [0.05, 0.1) is 16.2 Å². The van der Waals surface area contributed by atoms with Crippen LogP contribution < -0.4 is 10.3 Å². The standard InChI is InChI=1S/C13H6Cl3FN2O2/c1-2-3-21-11-5-10(9(17)4-7(11)14)19-13(20)12(16)8(15)6-18-19/h1,4-6H,3H2. The second kappa shape index (κ2) is 6.35. The number of rotatable bonds is 3. The minimum atomic E-state index is -0.777. The van der Waals surface area contributed by atoms with Gasteiger partial charge in [-0.05, 0) is 6.07 Å². The largest absolute Gasteiger partial charge is 0.479 e. The van der Waals surface area contributed by atoms with Gasteiger partial charge in [0, 0.05) is 6.07 Å². The van der Waals surface area contributed by atoms with Crippen LogP contribution in [0.2, 0.25) is 15.1 Å². The molecule has 0 aliphatic heterocycles. The molecule has 108 valence electrons. The first-order valence-electron chi connectivity index (χ1n) is 5.44. The van der Waals surface area contributed by atoms with E-state index in [4.69, 9.17) is 46.0 Å². The van der Waals surface area contributed by atoms with Crippen molar-refractivity contribution >= 4 is 34.8 Å². The van der Waals surface area contributed by atoms with Crippen LogP contribution in [0.15, 0.2) is 23.1 Å². The van der Waals surface area contributed by atoms with Crippen molar-refractivity contribution in [2.45, 2.75) is 0 Å². The predicted octanol–water partition coefficient (Wildman–Crippen LogP) is 3.34. The number of hydrogen-bond acceptors (Lipinski definition) is 3. The van der Waals surface area contributed by atoms with E-state index in [-0.39, 0.29) is 33.1 Å². The van der Waals surface area contributed by atoms with E-state index in [9.17, 15) is 9.18 Å². The number of benzene rings is 1. The molecule has 2 rings (SSSR count). The lowest BCUT2D eigenvalue weighted by atomic mass is 10.3. The predicted molar refractivity (Wildman–Crippen MR) is 79.2 cm³/mol. The summed E-state index contributed by atoms with van der Waals surface area (Å²) in [6.45, 7) is -0.0610. The Labute approximate surface area is 134 Å². The van der Waals surface area contributed by atoms with E-state index < -0.39 is 11.4 Å². The van der Waals surface area contributed by atoms with Crippen molar-refractivity contribution in [1.82, 2.24) is 9.78 Å². The maximum atomic E-state index is 14.0. The summed E-state index contributed by atoms with van der Waals surface area (Å²) in [6.07, 6.45) is 6.20. The van der Waals surface area contributed by atoms with E-state index in [1.54, 1.807) is 0 Å². The van der Waals surface area contributed by atoms with Crippen LogP contribution in [-0.4, -0.2) is 16.4 Å². The van der Waals surface area contributed by atoms with Crippen molar-refractivity contribution in [2.75, 3.05) is 6.61 Å². The highest BCUT2D eigenvalue weighted by molar-refractivity contribution is 6.41. The zero-order valence-corrected chi connectivity index (χ0v) is 12.5. The van der Waals surface area contributed by atoms with Crippen LogP contribution >= 0.6 is 34.8 Å². The second-order valence-electron chi connectivity index (χ2n) is 3.75. The molecule has 8 heteroatoms. The average Bonchev–Trinajstić information content (AvgIpc) is 2.45. The molecule has 0 atom stereocenters. The monoisotopic (exact) mass is 346 g/mol. The molecule has 0 radical (unpaired) electrons. The summed E-state index contributed by atoms with van der Waals surface area (Å²) in [4.78, 5) is 12.0. The molecule has 0 amide bonds. The molecule has 0 fully saturated rings. The van der Waals surface area contributed by atoms with Crippen LogP contribution in [0.4, 0.5) is 4.39 Å². The summed E-state index contributed by atoms with van der Waals surface area (Å²) < 4.78 is 19.9. The molecule has 0 aliphatic rings. The second-order valence-corrected chi connectivity index (χ2v) is 4.94. The van der Waals surface area contributed by atoms with Gasteiger partial charge in [-0.1, -0.05) is 40.7 Å². The van der Waals surface area contributed by atoms with E-state index in [0.717, 1.165) is 16.9 Å². The van der Waals surface area contributed by atoms with Gasteiger partial charge in [-0.2, -0.15) is 9.78 Å². The van der Waals surface area contributed by atoms with Crippen LogP contribution in [0.25, 0.3) is 5.69 Å². The Bertz CT molecular complexity index is 799. The van der Waals surface area contributed by atoms with E-state index >= 15 is 0 Å². The third-order valence-electron chi connectivity index (χ3n) is 2.42. The lowest BCUT2D eigenvalue weighted by Crippen LogP contribution is -2.22. The van der Waals surface area contributed by atoms with Gasteiger partial charge in [-0.3, -0.25) is 4.79 Å². The van der Waals surface area contributed by atoms with Gasteiger partial charge >= 0.3 is 0 Å². The van der Waals surface area contributed by atoms with Crippen LogP contribution in [0.1, 0.15) is 0 Å². The van der Waals surface area contributed by atoms with Gasteiger partial charge in [0.2, 0.25) is 0 Å². The fraction of sp³-hybridized carbons (Fsp3) is 0.0769. The molecule has 0 saturated carbocycles. The SMILES string of the molecule is C#CCOc1cc(-n2ncc(Cl)c(Cl)c2=O)c(F)cc1Cl. The zero-order chi connectivity index (χ0) is 15.6. The molecular weight excluding hydrogens is 342 g/mol. The highest BCUT2D eigenvalue weighted by Gasteiger charge is 2.16. The van der Waals surface area contributed by atoms with Crippen LogP contribution in [0, 0.1) is 18.2 Å². The topological polar surface area (TPSA) is 44.1 Å². The molecule has 21 heavy (non-hydrogen) atoms. The lowest BCUT2D eigenvalue weighted by Gasteiger charge is -2.10. The van der Waals surface area contributed by atoms with E-state index in [0.29, 0.717) is 0 Å². The molecule has 0 saturated heterocycles. The number of hydrogen-bond donors (Lipinski definition) is 0. The lowest BCUT2D eigenvalue weighted by molar-refractivity contribution is 0.369. The Morgan fingerprint density at radius 2 is 2.05 bits per heavy atom. The number of ether oxygens (including phenoxy) is 1. The molecule has 1 aromatic carbocycles. The smallest absolute Gasteiger partial charge is 0.291 e. The molecule has 0 unspecified atom stereocenters. The Morgan fingerprint density at radius 3 is 2.71 bits per heavy atom. The molecule has 0 spiro atoms. The Hall–Kier alpha value is -1.74. The number of halogens is 4. The summed E-state index contributed by atoms with van der Waals surface area (Å²) in [6, 6.07) is 2.19. The summed E-state index contributed by atoms with van der Waals surface area (Å²) >= 11 is 17.2.